The molecule has 0 saturated carbocycles. The van der Waals surface area contributed by atoms with Crippen molar-refractivity contribution in [2.24, 2.45) is 11.1 Å². The Balaban J connectivity index is 1.28. The van der Waals surface area contributed by atoms with Gasteiger partial charge in [0, 0.05) is 42.6 Å². The van der Waals surface area contributed by atoms with Crippen molar-refractivity contribution in [1.82, 2.24) is 19.4 Å². The maximum atomic E-state index is 6.80. The highest BCUT2D eigenvalue weighted by molar-refractivity contribution is 7.99. The molecule has 1 atom stereocenters. The van der Waals surface area contributed by atoms with Crippen LogP contribution < -0.4 is 10.6 Å². The van der Waals surface area contributed by atoms with Crippen LogP contribution in [0, 0.1) is 12.3 Å². The van der Waals surface area contributed by atoms with Gasteiger partial charge in [0.25, 0.3) is 0 Å². The molecule has 180 valence electrons. The molecular formula is C27H29ClN6S. The number of halogens is 1. The van der Waals surface area contributed by atoms with Crippen molar-refractivity contribution in [3.63, 3.8) is 0 Å². The number of piperidine rings is 1. The third-order valence-electron chi connectivity index (χ3n) is 7.76. The molecule has 0 unspecified atom stereocenters. The van der Waals surface area contributed by atoms with E-state index in [2.05, 4.69) is 52.4 Å². The highest BCUT2D eigenvalue weighted by atomic mass is 35.5. The number of aryl methyl sites for hydroxylation is 2. The van der Waals surface area contributed by atoms with Crippen LogP contribution >= 0.6 is 23.4 Å². The van der Waals surface area contributed by atoms with Crippen molar-refractivity contribution < 1.29 is 0 Å². The van der Waals surface area contributed by atoms with Crippen LogP contribution in [0.25, 0.3) is 5.65 Å². The number of pyridine rings is 1. The molecule has 4 aromatic rings. The zero-order chi connectivity index (χ0) is 24.2. The van der Waals surface area contributed by atoms with E-state index in [-0.39, 0.29) is 11.5 Å². The second-order valence-corrected chi connectivity index (χ2v) is 11.1. The van der Waals surface area contributed by atoms with Gasteiger partial charge in [-0.25, -0.2) is 9.97 Å². The molecule has 2 N–H and O–H groups in total. The molecule has 3 aromatic heterocycles. The minimum atomic E-state index is 0.112. The Hall–Kier alpha value is -2.61. The summed E-state index contributed by atoms with van der Waals surface area (Å²) in [6, 6.07) is 10.8. The van der Waals surface area contributed by atoms with E-state index in [1.165, 1.54) is 11.1 Å². The van der Waals surface area contributed by atoms with E-state index in [0.29, 0.717) is 5.02 Å². The predicted octanol–water partition coefficient (Wildman–Crippen LogP) is 5.64. The Labute approximate surface area is 214 Å². The average molecular weight is 505 g/mol. The normalized spacial score (nSPS) is 19.0. The summed E-state index contributed by atoms with van der Waals surface area (Å²) in [5.74, 6) is 0.952. The third kappa shape index (κ3) is 3.72. The van der Waals surface area contributed by atoms with Crippen LogP contribution in [0.15, 0.2) is 58.7 Å². The fraction of sp³-hybridized carbons (Fsp3) is 0.370. The number of benzene rings is 1. The first kappa shape index (κ1) is 22.8. The zero-order valence-corrected chi connectivity index (χ0v) is 21.6. The van der Waals surface area contributed by atoms with E-state index in [0.717, 1.165) is 71.5 Å². The van der Waals surface area contributed by atoms with Gasteiger partial charge in [0.2, 0.25) is 5.95 Å². The fourth-order valence-electron chi connectivity index (χ4n) is 5.75. The predicted molar refractivity (Wildman–Crippen MR) is 141 cm³/mol. The summed E-state index contributed by atoms with van der Waals surface area (Å²) in [4.78, 5) is 18.6. The molecule has 4 heterocycles. The van der Waals surface area contributed by atoms with Crippen molar-refractivity contribution in [2.75, 3.05) is 18.0 Å². The number of anilines is 1. The summed E-state index contributed by atoms with van der Waals surface area (Å²) < 4.78 is 2.12. The number of imidazole rings is 1. The van der Waals surface area contributed by atoms with E-state index < -0.39 is 0 Å². The van der Waals surface area contributed by atoms with E-state index >= 15 is 0 Å². The molecule has 2 aliphatic rings. The molecule has 6 nitrogen and oxygen atoms in total. The summed E-state index contributed by atoms with van der Waals surface area (Å²) in [5.41, 5.74) is 12.5. The maximum absolute atomic E-state index is 6.80. The number of rotatable bonds is 4. The summed E-state index contributed by atoms with van der Waals surface area (Å²) in [5, 5.41) is 0.711. The Kier molecular flexibility index (Phi) is 5.74. The lowest BCUT2D eigenvalue weighted by Crippen LogP contribution is -2.45. The van der Waals surface area contributed by atoms with E-state index in [4.69, 9.17) is 27.3 Å². The molecule has 35 heavy (non-hydrogen) atoms. The van der Waals surface area contributed by atoms with Gasteiger partial charge >= 0.3 is 0 Å². The summed E-state index contributed by atoms with van der Waals surface area (Å²) in [6.07, 6.45) is 9.67. The van der Waals surface area contributed by atoms with Crippen LogP contribution in [0.4, 0.5) is 5.95 Å². The SMILES string of the molecule is CCc1nccc(Sc2c(C)nc(N3CCC4(CC3)Cc3ccccc3[C@H]4N)n3ccnc23)c1Cl. The molecule has 1 saturated heterocycles. The Bertz CT molecular complexity index is 1410. The van der Waals surface area contributed by atoms with Crippen LogP contribution in [0.5, 0.6) is 0 Å². The molecule has 0 bridgehead atoms. The van der Waals surface area contributed by atoms with Gasteiger partial charge in [-0.1, -0.05) is 54.6 Å². The zero-order valence-electron chi connectivity index (χ0n) is 20.0. The Morgan fingerprint density at radius 1 is 1.14 bits per heavy atom. The largest absolute Gasteiger partial charge is 0.342 e. The lowest BCUT2D eigenvalue weighted by atomic mass is 9.73. The first-order valence-corrected chi connectivity index (χ1v) is 13.4. The molecule has 8 heteroatoms. The average Bonchev–Trinajstić information content (AvgIpc) is 3.46. The highest BCUT2D eigenvalue weighted by Crippen LogP contribution is 2.51. The lowest BCUT2D eigenvalue weighted by Gasteiger charge is -2.42. The third-order valence-corrected chi connectivity index (χ3v) is 9.54. The summed E-state index contributed by atoms with van der Waals surface area (Å²) in [7, 11) is 0. The Morgan fingerprint density at radius 2 is 1.94 bits per heavy atom. The molecule has 0 amide bonds. The standard InChI is InChI=1S/C27H29ClN6S/c1-3-20-22(28)21(8-11-30-20)35-23-17(2)32-26(34-15-12-31-25(23)34)33-13-9-27(10-14-33)16-18-6-4-5-7-19(18)24(27)29/h4-8,11-12,15,24H,3,9-10,13-14,16,29H2,1-2H3/t24-/m1/s1. The monoisotopic (exact) mass is 504 g/mol. The van der Waals surface area contributed by atoms with E-state index in [9.17, 15) is 0 Å². The first-order valence-electron chi connectivity index (χ1n) is 12.2. The van der Waals surface area contributed by atoms with Crippen molar-refractivity contribution in [1.29, 1.82) is 0 Å². The second kappa shape index (κ2) is 8.80. The van der Waals surface area contributed by atoms with Gasteiger partial charge in [-0.3, -0.25) is 9.38 Å². The molecule has 6 rings (SSSR count). The Morgan fingerprint density at radius 3 is 2.71 bits per heavy atom. The quantitative estimate of drug-likeness (QED) is 0.387. The van der Waals surface area contributed by atoms with Crippen LogP contribution in [-0.2, 0) is 12.8 Å². The number of fused-ring (bicyclic) bond motifs is 2. The van der Waals surface area contributed by atoms with Crippen molar-refractivity contribution >= 4 is 35.0 Å². The van der Waals surface area contributed by atoms with Gasteiger partial charge in [0.15, 0.2) is 5.65 Å². The molecule has 1 fully saturated rings. The minimum absolute atomic E-state index is 0.112. The van der Waals surface area contributed by atoms with Crippen molar-refractivity contribution in [2.45, 2.75) is 55.4 Å². The minimum Gasteiger partial charge on any atom is -0.342 e. The summed E-state index contributed by atoms with van der Waals surface area (Å²) in [6.45, 7) is 6.00. The number of nitrogens with two attached hydrogens (primary N) is 1. The molecule has 1 aliphatic carbocycles. The maximum Gasteiger partial charge on any atom is 0.211 e. The van der Waals surface area contributed by atoms with Crippen LogP contribution in [-0.4, -0.2) is 32.4 Å². The lowest BCUT2D eigenvalue weighted by molar-refractivity contribution is 0.186. The van der Waals surface area contributed by atoms with Crippen LogP contribution in [0.2, 0.25) is 5.02 Å². The van der Waals surface area contributed by atoms with Gasteiger partial charge in [-0.15, -0.1) is 0 Å². The van der Waals surface area contributed by atoms with Gasteiger partial charge < -0.3 is 10.6 Å². The number of nitrogens with zero attached hydrogens (tertiary/aromatic N) is 5. The van der Waals surface area contributed by atoms with Gasteiger partial charge in [-0.05, 0) is 55.2 Å². The van der Waals surface area contributed by atoms with Crippen molar-refractivity contribution in [3.8, 4) is 0 Å². The second-order valence-electron chi connectivity index (χ2n) is 9.68. The first-order chi connectivity index (χ1) is 17.0. The van der Waals surface area contributed by atoms with E-state index in [1.54, 1.807) is 11.8 Å². The van der Waals surface area contributed by atoms with Gasteiger partial charge in [-0.2, -0.15) is 0 Å². The molecule has 0 radical (unpaired) electrons. The molecule has 1 aliphatic heterocycles. The number of aromatic nitrogens is 4. The van der Waals surface area contributed by atoms with Crippen molar-refractivity contribution in [3.05, 3.63) is 76.5 Å². The smallest absolute Gasteiger partial charge is 0.211 e. The molecule has 1 spiro atoms. The number of hydrogen-bond acceptors (Lipinski definition) is 6. The van der Waals surface area contributed by atoms with E-state index in [1.807, 2.05) is 24.7 Å². The molecular weight excluding hydrogens is 476 g/mol. The number of hydrogen-bond donors (Lipinski definition) is 1. The van der Waals surface area contributed by atoms with Gasteiger partial charge in [0.1, 0.15) is 0 Å². The van der Waals surface area contributed by atoms with Gasteiger partial charge in [0.05, 0.1) is 21.3 Å². The van der Waals surface area contributed by atoms with Crippen LogP contribution in [0.3, 0.4) is 0 Å². The topological polar surface area (TPSA) is 72.3 Å². The molecule has 1 aromatic carbocycles. The fourth-order valence-corrected chi connectivity index (χ4v) is 7.10. The van der Waals surface area contributed by atoms with Crippen LogP contribution in [0.1, 0.15) is 48.3 Å². The highest BCUT2D eigenvalue weighted by Gasteiger charge is 2.46. The summed E-state index contributed by atoms with van der Waals surface area (Å²) >= 11 is 8.26.